The predicted octanol–water partition coefficient (Wildman–Crippen LogP) is 4.41. The quantitative estimate of drug-likeness (QED) is 0.470. The molecule has 0 fully saturated rings. The number of hydrogen-bond acceptors (Lipinski definition) is 6. The zero-order valence-electron chi connectivity index (χ0n) is 16.1. The second-order valence-corrected chi connectivity index (χ2v) is 7.78. The van der Waals surface area contributed by atoms with E-state index in [1.54, 1.807) is 25.1 Å². The molecule has 0 unspecified atom stereocenters. The van der Waals surface area contributed by atoms with Gasteiger partial charge in [-0.3, -0.25) is 4.79 Å². The summed E-state index contributed by atoms with van der Waals surface area (Å²) >= 11 is 1.28. The summed E-state index contributed by atoms with van der Waals surface area (Å²) in [4.78, 5) is 16.4. The highest BCUT2D eigenvalue weighted by atomic mass is 32.1. The van der Waals surface area contributed by atoms with Gasteiger partial charge in [0.15, 0.2) is 0 Å². The number of alkyl halides is 3. The number of benzene rings is 2. The molecule has 0 aliphatic heterocycles. The first-order chi connectivity index (χ1) is 14.7. The number of ether oxygens (including phenoxy) is 1. The zero-order chi connectivity index (χ0) is 22.2. The maximum atomic E-state index is 12.7. The fourth-order valence-electron chi connectivity index (χ4n) is 2.84. The summed E-state index contributed by atoms with van der Waals surface area (Å²) in [5.41, 5.74) is 1.48. The molecular formula is C20H15F3N4O3S. The number of hydrogen-bond donors (Lipinski definition) is 1. The van der Waals surface area contributed by atoms with E-state index < -0.39 is 17.7 Å². The van der Waals surface area contributed by atoms with E-state index in [1.807, 2.05) is 0 Å². The highest BCUT2D eigenvalue weighted by Crippen LogP contribution is 2.30. The number of carbonyl (C=O) groups is 1. The Kier molecular flexibility index (Phi) is 5.36. The summed E-state index contributed by atoms with van der Waals surface area (Å²) in [5.74, 6) is -0.386. The Hall–Kier alpha value is -3.47. The van der Waals surface area contributed by atoms with Gasteiger partial charge in [-0.25, -0.2) is 4.98 Å². The third-order valence-electron chi connectivity index (χ3n) is 4.39. The van der Waals surface area contributed by atoms with Crippen LogP contribution < -0.4 is 4.74 Å². The number of carboxylic acid groups (broad SMARTS) is 1. The van der Waals surface area contributed by atoms with Gasteiger partial charge < -0.3 is 9.84 Å². The third kappa shape index (κ3) is 4.66. The number of nitrogens with zero attached hydrogens (tertiary/aromatic N) is 4. The molecule has 2 heterocycles. The highest BCUT2D eigenvalue weighted by Gasteiger charge is 2.30. The molecule has 2 aromatic carbocycles. The van der Waals surface area contributed by atoms with Crippen molar-refractivity contribution in [1.82, 2.24) is 20.0 Å². The second kappa shape index (κ2) is 7.99. The number of aliphatic carboxylic acids is 1. The molecule has 4 rings (SSSR count). The van der Waals surface area contributed by atoms with Crippen molar-refractivity contribution in [3.05, 3.63) is 64.4 Å². The van der Waals surface area contributed by atoms with Gasteiger partial charge in [0.05, 0.1) is 33.6 Å². The van der Waals surface area contributed by atoms with Crippen LogP contribution in [0.4, 0.5) is 13.2 Å². The number of halogens is 3. The average Bonchev–Trinajstić information content (AvgIpc) is 3.27. The lowest BCUT2D eigenvalue weighted by molar-refractivity contribution is -0.138. The van der Waals surface area contributed by atoms with Crippen LogP contribution in [0.15, 0.2) is 42.5 Å². The molecule has 0 amide bonds. The van der Waals surface area contributed by atoms with Crippen LogP contribution in [0.1, 0.15) is 22.0 Å². The minimum Gasteiger partial charge on any atom is -0.487 e. The van der Waals surface area contributed by atoms with Gasteiger partial charge in [0, 0.05) is 0 Å². The summed E-state index contributed by atoms with van der Waals surface area (Å²) in [7, 11) is 0. The van der Waals surface area contributed by atoms with Crippen molar-refractivity contribution >= 4 is 27.5 Å². The first kappa shape index (κ1) is 20.8. The summed E-state index contributed by atoms with van der Waals surface area (Å²) in [6.45, 7) is 1.84. The molecular weight excluding hydrogens is 433 g/mol. The molecule has 11 heteroatoms. The molecule has 0 aliphatic carbocycles. The maximum absolute atomic E-state index is 12.7. The van der Waals surface area contributed by atoms with Crippen LogP contribution in [0.5, 0.6) is 5.75 Å². The van der Waals surface area contributed by atoms with Crippen molar-refractivity contribution in [2.45, 2.75) is 26.1 Å². The maximum Gasteiger partial charge on any atom is 0.416 e. The first-order valence-corrected chi connectivity index (χ1v) is 9.85. The van der Waals surface area contributed by atoms with E-state index in [2.05, 4.69) is 15.2 Å². The van der Waals surface area contributed by atoms with E-state index in [0.29, 0.717) is 33.3 Å². The van der Waals surface area contributed by atoms with Gasteiger partial charge in [0.2, 0.25) is 0 Å². The van der Waals surface area contributed by atoms with E-state index in [4.69, 9.17) is 9.84 Å². The summed E-state index contributed by atoms with van der Waals surface area (Å²) in [6, 6.07) is 9.81. The monoisotopic (exact) mass is 448 g/mol. The van der Waals surface area contributed by atoms with Crippen molar-refractivity contribution in [2.24, 2.45) is 0 Å². The van der Waals surface area contributed by atoms with Crippen LogP contribution in [0.25, 0.3) is 15.9 Å². The Bertz CT molecular complexity index is 1250. The Morgan fingerprint density at radius 3 is 2.58 bits per heavy atom. The standard InChI is InChI=1S/C20H15F3N4O3S/c1-11-16(26-27(25-11)13-4-2-12(3-5-13)20(21,22)23)10-30-14-6-7-15-17(8-14)31-18(24-15)9-19(28)29/h2-8H,9-10H2,1H3,(H,28,29). The number of carboxylic acids is 1. The van der Waals surface area contributed by atoms with Gasteiger partial charge in [-0.15, -0.1) is 16.4 Å². The van der Waals surface area contributed by atoms with E-state index in [0.717, 1.165) is 16.8 Å². The lowest BCUT2D eigenvalue weighted by Gasteiger charge is -2.07. The number of fused-ring (bicyclic) bond motifs is 1. The van der Waals surface area contributed by atoms with Crippen LogP contribution >= 0.6 is 11.3 Å². The lowest BCUT2D eigenvalue weighted by atomic mass is 10.2. The number of aromatic nitrogens is 4. The predicted molar refractivity (Wildman–Crippen MR) is 106 cm³/mol. The van der Waals surface area contributed by atoms with Crippen LogP contribution in [0.3, 0.4) is 0 Å². The van der Waals surface area contributed by atoms with E-state index in [-0.39, 0.29) is 13.0 Å². The van der Waals surface area contributed by atoms with Gasteiger partial charge in [-0.05, 0) is 49.4 Å². The molecule has 0 bridgehead atoms. The molecule has 4 aromatic rings. The molecule has 7 nitrogen and oxygen atoms in total. The molecule has 0 saturated carbocycles. The molecule has 0 aliphatic rings. The average molecular weight is 448 g/mol. The zero-order valence-corrected chi connectivity index (χ0v) is 16.9. The molecule has 0 spiro atoms. The van der Waals surface area contributed by atoms with Crippen LogP contribution in [-0.4, -0.2) is 31.1 Å². The van der Waals surface area contributed by atoms with Gasteiger partial charge in [0.1, 0.15) is 23.1 Å². The molecule has 2 aromatic heterocycles. The van der Waals surface area contributed by atoms with Crippen molar-refractivity contribution in [2.75, 3.05) is 0 Å². The SMILES string of the molecule is Cc1nn(-c2ccc(C(F)(F)F)cc2)nc1COc1ccc2nc(CC(=O)O)sc2c1. The van der Waals surface area contributed by atoms with Crippen molar-refractivity contribution in [1.29, 1.82) is 0 Å². The summed E-state index contributed by atoms with van der Waals surface area (Å²) in [5, 5.41) is 18.0. The third-order valence-corrected chi connectivity index (χ3v) is 5.40. The van der Waals surface area contributed by atoms with E-state index >= 15 is 0 Å². The van der Waals surface area contributed by atoms with Crippen molar-refractivity contribution in [3.63, 3.8) is 0 Å². The smallest absolute Gasteiger partial charge is 0.416 e. The molecule has 1 N–H and O–H groups in total. The fourth-order valence-corrected chi connectivity index (χ4v) is 3.83. The normalized spacial score (nSPS) is 11.7. The van der Waals surface area contributed by atoms with Gasteiger partial charge >= 0.3 is 12.1 Å². The number of thiazole rings is 1. The molecule has 0 saturated heterocycles. The first-order valence-electron chi connectivity index (χ1n) is 9.03. The van der Waals surface area contributed by atoms with Gasteiger partial charge in [0.25, 0.3) is 0 Å². The molecule has 0 atom stereocenters. The molecule has 160 valence electrons. The Morgan fingerprint density at radius 1 is 1.16 bits per heavy atom. The van der Waals surface area contributed by atoms with Crippen molar-refractivity contribution in [3.8, 4) is 11.4 Å². The van der Waals surface area contributed by atoms with Crippen molar-refractivity contribution < 1.29 is 27.8 Å². The topological polar surface area (TPSA) is 90.1 Å². The Labute approximate surface area is 177 Å². The summed E-state index contributed by atoms with van der Waals surface area (Å²) < 4.78 is 44.8. The van der Waals surface area contributed by atoms with Crippen LogP contribution in [-0.2, 0) is 24.0 Å². The second-order valence-electron chi connectivity index (χ2n) is 6.66. The highest BCUT2D eigenvalue weighted by molar-refractivity contribution is 7.18. The fraction of sp³-hybridized carbons (Fsp3) is 0.200. The number of rotatable bonds is 6. The number of aryl methyl sites for hydroxylation is 1. The van der Waals surface area contributed by atoms with Gasteiger partial charge in [-0.2, -0.15) is 23.1 Å². The van der Waals surface area contributed by atoms with Crippen LogP contribution in [0.2, 0.25) is 0 Å². The largest absolute Gasteiger partial charge is 0.487 e. The lowest BCUT2D eigenvalue weighted by Crippen LogP contribution is -2.06. The van der Waals surface area contributed by atoms with E-state index in [1.165, 1.54) is 28.3 Å². The minimum absolute atomic E-state index is 0.110. The minimum atomic E-state index is -4.40. The van der Waals surface area contributed by atoms with Gasteiger partial charge in [-0.1, -0.05) is 0 Å². The van der Waals surface area contributed by atoms with Crippen LogP contribution in [0, 0.1) is 6.92 Å². The molecule has 31 heavy (non-hydrogen) atoms. The van der Waals surface area contributed by atoms with E-state index in [9.17, 15) is 18.0 Å². The molecule has 0 radical (unpaired) electrons. The Balaban J connectivity index is 1.48. The Morgan fingerprint density at radius 2 is 1.90 bits per heavy atom. The summed E-state index contributed by atoms with van der Waals surface area (Å²) in [6.07, 6.45) is -4.54.